The standard InChI is InChI=1S/C14H19N/c1-2-14(13-9-5-3-6-10-13)15-11-7-4-8-12-15/h2-3,5-6,9-10H,4,7-8,11-12H2,1H3/b14-2-. The quantitative estimate of drug-likeness (QED) is 0.707. The van der Waals surface area contributed by atoms with Crippen LogP contribution in [-0.4, -0.2) is 18.0 Å². The van der Waals surface area contributed by atoms with Crippen LogP contribution in [0.15, 0.2) is 36.4 Å². The van der Waals surface area contributed by atoms with Gasteiger partial charge in [0.05, 0.1) is 0 Å². The number of rotatable bonds is 2. The van der Waals surface area contributed by atoms with Crippen LogP contribution in [0.2, 0.25) is 0 Å². The lowest BCUT2D eigenvalue weighted by Gasteiger charge is -2.31. The van der Waals surface area contributed by atoms with E-state index in [9.17, 15) is 0 Å². The first kappa shape index (κ1) is 10.3. The molecule has 15 heavy (non-hydrogen) atoms. The lowest BCUT2D eigenvalue weighted by Crippen LogP contribution is -2.28. The Morgan fingerprint density at radius 2 is 1.73 bits per heavy atom. The van der Waals surface area contributed by atoms with Crippen molar-refractivity contribution in [1.29, 1.82) is 0 Å². The molecule has 0 aromatic heterocycles. The summed E-state index contributed by atoms with van der Waals surface area (Å²) >= 11 is 0. The fourth-order valence-corrected chi connectivity index (χ4v) is 2.28. The molecule has 0 spiro atoms. The van der Waals surface area contributed by atoms with Crippen molar-refractivity contribution in [3.8, 4) is 0 Å². The van der Waals surface area contributed by atoms with Gasteiger partial charge in [0.1, 0.15) is 0 Å². The Morgan fingerprint density at radius 1 is 1.07 bits per heavy atom. The van der Waals surface area contributed by atoms with E-state index in [0.29, 0.717) is 0 Å². The number of piperidine rings is 1. The molecule has 0 saturated carbocycles. The van der Waals surface area contributed by atoms with Crippen molar-refractivity contribution in [2.24, 2.45) is 0 Å². The van der Waals surface area contributed by atoms with Gasteiger partial charge in [-0.25, -0.2) is 0 Å². The highest BCUT2D eigenvalue weighted by atomic mass is 15.1. The first-order valence-corrected chi connectivity index (χ1v) is 5.88. The molecule has 1 heteroatoms. The summed E-state index contributed by atoms with van der Waals surface area (Å²) in [4.78, 5) is 2.51. The van der Waals surface area contributed by atoms with Crippen LogP contribution in [0.5, 0.6) is 0 Å². The number of hydrogen-bond acceptors (Lipinski definition) is 1. The SMILES string of the molecule is C/C=C(/c1ccccc1)N1CCCCC1. The van der Waals surface area contributed by atoms with Gasteiger partial charge in [0.2, 0.25) is 0 Å². The second kappa shape index (κ2) is 5.01. The highest BCUT2D eigenvalue weighted by Gasteiger charge is 2.13. The predicted molar refractivity (Wildman–Crippen MR) is 65.5 cm³/mol. The zero-order valence-corrected chi connectivity index (χ0v) is 9.45. The molecule has 0 unspecified atom stereocenters. The van der Waals surface area contributed by atoms with Gasteiger partial charge in [-0.05, 0) is 31.7 Å². The van der Waals surface area contributed by atoms with Gasteiger partial charge >= 0.3 is 0 Å². The van der Waals surface area contributed by atoms with E-state index in [1.54, 1.807) is 0 Å². The number of nitrogens with zero attached hydrogens (tertiary/aromatic N) is 1. The number of hydrogen-bond donors (Lipinski definition) is 0. The Morgan fingerprint density at radius 3 is 2.33 bits per heavy atom. The number of allylic oxidation sites excluding steroid dienone is 1. The molecule has 0 radical (unpaired) electrons. The van der Waals surface area contributed by atoms with Crippen molar-refractivity contribution in [3.05, 3.63) is 42.0 Å². The minimum Gasteiger partial charge on any atom is -0.371 e. The molecule has 0 aliphatic carbocycles. The highest BCUT2D eigenvalue weighted by Crippen LogP contribution is 2.22. The van der Waals surface area contributed by atoms with Crippen LogP contribution < -0.4 is 0 Å². The van der Waals surface area contributed by atoms with E-state index in [2.05, 4.69) is 48.2 Å². The summed E-state index contributed by atoms with van der Waals surface area (Å²) < 4.78 is 0. The van der Waals surface area contributed by atoms with Crippen molar-refractivity contribution >= 4 is 5.70 Å². The average Bonchev–Trinajstić information content (AvgIpc) is 2.33. The molecule has 1 aromatic carbocycles. The molecule has 1 aromatic rings. The Balaban J connectivity index is 2.17. The third kappa shape index (κ3) is 2.41. The summed E-state index contributed by atoms with van der Waals surface area (Å²) in [6.07, 6.45) is 6.30. The summed E-state index contributed by atoms with van der Waals surface area (Å²) in [6, 6.07) is 10.7. The van der Waals surface area contributed by atoms with E-state index < -0.39 is 0 Å². The molecule has 0 bridgehead atoms. The molecular weight excluding hydrogens is 182 g/mol. The monoisotopic (exact) mass is 201 g/mol. The van der Waals surface area contributed by atoms with Crippen LogP contribution in [0.4, 0.5) is 0 Å². The zero-order chi connectivity index (χ0) is 10.5. The van der Waals surface area contributed by atoms with Crippen LogP contribution in [0, 0.1) is 0 Å². The van der Waals surface area contributed by atoms with Crippen LogP contribution in [0.1, 0.15) is 31.7 Å². The maximum absolute atomic E-state index is 2.51. The molecule has 1 saturated heterocycles. The normalized spacial score (nSPS) is 17.9. The maximum Gasteiger partial charge on any atom is 0.0396 e. The van der Waals surface area contributed by atoms with Crippen molar-refractivity contribution < 1.29 is 0 Å². The molecule has 2 rings (SSSR count). The van der Waals surface area contributed by atoms with E-state index in [-0.39, 0.29) is 0 Å². The van der Waals surface area contributed by atoms with Crippen LogP contribution in [0.25, 0.3) is 5.70 Å². The molecule has 1 heterocycles. The van der Waals surface area contributed by atoms with E-state index in [1.165, 1.54) is 43.6 Å². The van der Waals surface area contributed by atoms with Gasteiger partial charge in [-0.3, -0.25) is 0 Å². The Hall–Kier alpha value is -1.24. The summed E-state index contributed by atoms with van der Waals surface area (Å²) in [5.41, 5.74) is 2.75. The van der Waals surface area contributed by atoms with Gasteiger partial charge in [-0.15, -0.1) is 0 Å². The number of benzene rings is 1. The third-order valence-corrected chi connectivity index (χ3v) is 3.04. The molecular formula is C14H19N. The fourth-order valence-electron chi connectivity index (χ4n) is 2.28. The lowest BCUT2D eigenvalue weighted by atomic mass is 10.1. The molecule has 1 aliphatic heterocycles. The minimum absolute atomic E-state index is 1.22. The van der Waals surface area contributed by atoms with Crippen LogP contribution in [-0.2, 0) is 0 Å². The molecule has 1 fully saturated rings. The van der Waals surface area contributed by atoms with Crippen molar-refractivity contribution in [2.75, 3.05) is 13.1 Å². The first-order valence-electron chi connectivity index (χ1n) is 5.88. The third-order valence-electron chi connectivity index (χ3n) is 3.04. The van der Waals surface area contributed by atoms with Gasteiger partial charge in [-0.1, -0.05) is 36.4 Å². The minimum atomic E-state index is 1.22. The van der Waals surface area contributed by atoms with E-state index in [0.717, 1.165) is 0 Å². The fraction of sp³-hybridized carbons (Fsp3) is 0.429. The predicted octanol–water partition coefficient (Wildman–Crippen LogP) is 3.53. The Bertz CT molecular complexity index is 320. The second-order valence-electron chi connectivity index (χ2n) is 4.09. The van der Waals surface area contributed by atoms with Crippen molar-refractivity contribution in [2.45, 2.75) is 26.2 Å². The summed E-state index contributed by atoms with van der Waals surface area (Å²) in [7, 11) is 0. The molecule has 1 nitrogen and oxygen atoms in total. The van der Waals surface area contributed by atoms with E-state index in [1.807, 2.05) is 0 Å². The average molecular weight is 201 g/mol. The molecule has 0 atom stereocenters. The molecule has 80 valence electrons. The Labute approximate surface area is 92.4 Å². The van der Waals surface area contributed by atoms with Gasteiger partial charge in [0.25, 0.3) is 0 Å². The van der Waals surface area contributed by atoms with Crippen LogP contribution >= 0.6 is 0 Å². The smallest absolute Gasteiger partial charge is 0.0396 e. The second-order valence-corrected chi connectivity index (χ2v) is 4.09. The summed E-state index contributed by atoms with van der Waals surface area (Å²) in [5, 5.41) is 0. The maximum atomic E-state index is 2.51. The van der Waals surface area contributed by atoms with E-state index in [4.69, 9.17) is 0 Å². The zero-order valence-electron chi connectivity index (χ0n) is 9.45. The Kier molecular flexibility index (Phi) is 3.44. The van der Waals surface area contributed by atoms with Gasteiger partial charge < -0.3 is 4.90 Å². The van der Waals surface area contributed by atoms with Crippen molar-refractivity contribution in [3.63, 3.8) is 0 Å². The topological polar surface area (TPSA) is 3.24 Å². The summed E-state index contributed by atoms with van der Waals surface area (Å²) in [5.74, 6) is 0. The first-order chi connectivity index (χ1) is 7.42. The highest BCUT2D eigenvalue weighted by molar-refractivity contribution is 5.63. The number of likely N-dealkylation sites (tertiary alicyclic amines) is 1. The molecule has 0 amide bonds. The van der Waals surface area contributed by atoms with Crippen molar-refractivity contribution in [1.82, 2.24) is 4.90 Å². The molecule has 1 aliphatic rings. The van der Waals surface area contributed by atoms with Gasteiger partial charge in [0.15, 0.2) is 0 Å². The summed E-state index contributed by atoms with van der Waals surface area (Å²) in [6.45, 7) is 4.57. The largest absolute Gasteiger partial charge is 0.371 e. The molecule has 0 N–H and O–H groups in total. The van der Waals surface area contributed by atoms with Crippen LogP contribution in [0.3, 0.4) is 0 Å². The lowest BCUT2D eigenvalue weighted by molar-refractivity contribution is 0.325. The van der Waals surface area contributed by atoms with E-state index >= 15 is 0 Å². The van der Waals surface area contributed by atoms with Gasteiger partial charge in [-0.2, -0.15) is 0 Å². The van der Waals surface area contributed by atoms with Gasteiger partial charge in [0, 0.05) is 18.8 Å².